The summed E-state index contributed by atoms with van der Waals surface area (Å²) >= 11 is 0. The number of nitrogens with one attached hydrogen (secondary N) is 2. The summed E-state index contributed by atoms with van der Waals surface area (Å²) in [6.07, 6.45) is 5.43. The van der Waals surface area contributed by atoms with Crippen LogP contribution in [-0.4, -0.2) is 72.5 Å². The molecule has 3 aliphatic heterocycles. The summed E-state index contributed by atoms with van der Waals surface area (Å²) in [7, 11) is 0. The van der Waals surface area contributed by atoms with Gasteiger partial charge in [0, 0.05) is 43.1 Å². The summed E-state index contributed by atoms with van der Waals surface area (Å²) < 4.78 is 11.3. The number of amides is 3. The number of rotatable bonds is 4. The number of ether oxygens (including phenoxy) is 2. The Kier molecular flexibility index (Phi) is 5.57. The van der Waals surface area contributed by atoms with Crippen molar-refractivity contribution in [2.45, 2.75) is 50.2 Å². The van der Waals surface area contributed by atoms with Crippen molar-refractivity contribution in [1.29, 1.82) is 0 Å². The molecule has 1 saturated carbocycles. The van der Waals surface area contributed by atoms with E-state index in [0.717, 1.165) is 42.8 Å². The Hall–Kier alpha value is -3.24. The number of aromatic nitrogens is 2. The number of hydrogen-bond acceptors (Lipinski definition) is 7. The molecular formula is C25H30N6O4. The van der Waals surface area contributed by atoms with Crippen LogP contribution in [0.3, 0.4) is 0 Å². The quantitative estimate of drug-likeness (QED) is 0.695. The van der Waals surface area contributed by atoms with Crippen LogP contribution in [0.15, 0.2) is 30.5 Å². The van der Waals surface area contributed by atoms with Crippen molar-refractivity contribution in [3.63, 3.8) is 0 Å². The number of anilines is 3. The van der Waals surface area contributed by atoms with E-state index in [1.807, 2.05) is 36.1 Å². The topological polar surface area (TPSA) is 109 Å². The Morgan fingerprint density at radius 1 is 1.09 bits per heavy atom. The first-order chi connectivity index (χ1) is 17.0. The third kappa shape index (κ3) is 4.10. The maximum atomic E-state index is 13.8. The largest absolute Gasteiger partial charge is 0.381 e. The molecule has 2 N–H and O–H groups in total. The van der Waals surface area contributed by atoms with Crippen molar-refractivity contribution in [2.75, 3.05) is 48.1 Å². The van der Waals surface area contributed by atoms with Gasteiger partial charge in [0.15, 0.2) is 11.6 Å². The number of fused-ring (bicyclic) bond motifs is 3. The third-order valence-corrected chi connectivity index (χ3v) is 7.25. The zero-order chi connectivity index (χ0) is 24.0. The summed E-state index contributed by atoms with van der Waals surface area (Å²) in [5.74, 6) is 1.37. The standard InChI is InChI=1S/C25H30N6O4/c1-25-15-35-13-10-30(25)22-20(31(23(25)32)19-8-11-34-12-9-19)14-26-21(29-22)16-2-4-17(5-3-16)27-24(33)28-18-6-7-18/h2-5,14,18-19H,6-13,15H2,1H3,(H2,27,28,33). The average molecular weight is 479 g/mol. The van der Waals surface area contributed by atoms with Crippen LogP contribution in [0.5, 0.6) is 0 Å². The Labute approximate surface area is 204 Å². The molecule has 0 radical (unpaired) electrons. The molecule has 2 saturated heterocycles. The molecule has 1 aromatic heterocycles. The van der Waals surface area contributed by atoms with Gasteiger partial charge in [0.2, 0.25) is 0 Å². The molecule has 184 valence electrons. The van der Waals surface area contributed by atoms with Gasteiger partial charge in [-0.15, -0.1) is 0 Å². The average Bonchev–Trinajstić information content (AvgIpc) is 3.69. The molecule has 1 aromatic carbocycles. The predicted molar refractivity (Wildman–Crippen MR) is 131 cm³/mol. The van der Waals surface area contributed by atoms with Gasteiger partial charge in [0.05, 0.1) is 19.4 Å². The molecule has 3 fully saturated rings. The molecule has 10 heteroatoms. The van der Waals surface area contributed by atoms with Crippen molar-refractivity contribution in [1.82, 2.24) is 15.3 Å². The van der Waals surface area contributed by atoms with Gasteiger partial charge in [-0.2, -0.15) is 0 Å². The van der Waals surface area contributed by atoms with Crippen molar-refractivity contribution < 1.29 is 19.1 Å². The second-order valence-corrected chi connectivity index (χ2v) is 9.85. The first kappa shape index (κ1) is 22.2. The number of hydrogen-bond donors (Lipinski definition) is 2. The van der Waals surface area contributed by atoms with E-state index < -0.39 is 5.54 Å². The van der Waals surface area contributed by atoms with Crippen molar-refractivity contribution in [3.8, 4) is 11.4 Å². The van der Waals surface area contributed by atoms with Gasteiger partial charge in [-0.1, -0.05) is 0 Å². The van der Waals surface area contributed by atoms with Crippen LogP contribution in [0, 0.1) is 0 Å². The number of urea groups is 1. The monoisotopic (exact) mass is 478 g/mol. The highest BCUT2D eigenvalue weighted by Crippen LogP contribution is 2.43. The van der Waals surface area contributed by atoms with E-state index in [2.05, 4.69) is 20.5 Å². The molecule has 1 atom stereocenters. The predicted octanol–water partition coefficient (Wildman–Crippen LogP) is 2.55. The molecule has 3 amide bonds. The fourth-order valence-corrected chi connectivity index (χ4v) is 5.10. The first-order valence-corrected chi connectivity index (χ1v) is 12.3. The van der Waals surface area contributed by atoms with Crippen molar-refractivity contribution in [3.05, 3.63) is 30.5 Å². The van der Waals surface area contributed by atoms with Gasteiger partial charge in [-0.25, -0.2) is 14.8 Å². The van der Waals surface area contributed by atoms with Crippen LogP contribution in [0.25, 0.3) is 11.4 Å². The van der Waals surface area contributed by atoms with E-state index >= 15 is 0 Å². The van der Waals surface area contributed by atoms with Gasteiger partial charge in [-0.3, -0.25) is 4.79 Å². The third-order valence-electron chi connectivity index (χ3n) is 7.25. The number of carbonyl (C=O) groups is 2. The summed E-state index contributed by atoms with van der Waals surface area (Å²) in [5, 5.41) is 5.78. The maximum absolute atomic E-state index is 13.8. The van der Waals surface area contributed by atoms with Crippen LogP contribution in [-0.2, 0) is 14.3 Å². The van der Waals surface area contributed by atoms with E-state index in [1.54, 1.807) is 6.20 Å². The fraction of sp³-hybridized carbons (Fsp3) is 0.520. The normalized spacial score (nSPS) is 24.5. The SMILES string of the molecule is CC12COCCN1c1nc(-c3ccc(NC(=O)NC4CC4)cc3)ncc1N(C1CCOCC1)C2=O. The van der Waals surface area contributed by atoms with Gasteiger partial charge >= 0.3 is 6.03 Å². The Morgan fingerprint density at radius 2 is 1.86 bits per heavy atom. The molecule has 4 heterocycles. The van der Waals surface area contributed by atoms with Crippen LogP contribution in [0.2, 0.25) is 0 Å². The van der Waals surface area contributed by atoms with E-state index in [4.69, 9.17) is 14.5 Å². The summed E-state index contributed by atoms with van der Waals surface area (Å²) in [4.78, 5) is 39.4. The van der Waals surface area contributed by atoms with E-state index in [0.29, 0.717) is 50.5 Å². The zero-order valence-corrected chi connectivity index (χ0v) is 19.8. The lowest BCUT2D eigenvalue weighted by Crippen LogP contribution is -2.69. The highest BCUT2D eigenvalue weighted by molar-refractivity contribution is 6.08. The lowest BCUT2D eigenvalue weighted by Gasteiger charge is -2.52. The minimum Gasteiger partial charge on any atom is -0.381 e. The summed E-state index contributed by atoms with van der Waals surface area (Å²) in [5.41, 5.74) is 1.49. The zero-order valence-electron chi connectivity index (χ0n) is 19.8. The first-order valence-electron chi connectivity index (χ1n) is 12.3. The molecule has 10 nitrogen and oxygen atoms in total. The van der Waals surface area contributed by atoms with Gasteiger partial charge in [-0.05, 0) is 56.9 Å². The number of morpholine rings is 1. The molecular weight excluding hydrogens is 448 g/mol. The maximum Gasteiger partial charge on any atom is 0.319 e. The highest BCUT2D eigenvalue weighted by atomic mass is 16.5. The molecule has 0 bridgehead atoms. The van der Waals surface area contributed by atoms with E-state index in [-0.39, 0.29) is 18.0 Å². The second-order valence-electron chi connectivity index (χ2n) is 9.85. The Morgan fingerprint density at radius 3 is 2.60 bits per heavy atom. The fourth-order valence-electron chi connectivity index (χ4n) is 5.10. The smallest absolute Gasteiger partial charge is 0.319 e. The van der Waals surface area contributed by atoms with Gasteiger partial charge < -0.3 is 29.9 Å². The minimum atomic E-state index is -0.808. The lowest BCUT2D eigenvalue weighted by molar-refractivity contribution is -0.128. The molecule has 35 heavy (non-hydrogen) atoms. The van der Waals surface area contributed by atoms with E-state index in [9.17, 15) is 9.59 Å². The number of carbonyl (C=O) groups excluding carboxylic acids is 2. The lowest BCUT2D eigenvalue weighted by atomic mass is 9.91. The highest BCUT2D eigenvalue weighted by Gasteiger charge is 2.52. The Bertz CT molecular complexity index is 1130. The van der Waals surface area contributed by atoms with E-state index in [1.165, 1.54) is 0 Å². The molecule has 0 spiro atoms. The van der Waals surface area contributed by atoms with Gasteiger partial charge in [0.25, 0.3) is 5.91 Å². The van der Waals surface area contributed by atoms with Crippen LogP contribution in [0.4, 0.5) is 22.0 Å². The number of benzene rings is 1. The molecule has 1 unspecified atom stereocenters. The van der Waals surface area contributed by atoms with Crippen LogP contribution >= 0.6 is 0 Å². The molecule has 6 rings (SSSR count). The molecule has 4 aliphatic rings. The molecule has 1 aliphatic carbocycles. The van der Waals surface area contributed by atoms with Crippen molar-refractivity contribution >= 4 is 29.1 Å². The van der Waals surface area contributed by atoms with Crippen LogP contribution < -0.4 is 20.4 Å². The van der Waals surface area contributed by atoms with Crippen molar-refractivity contribution in [2.24, 2.45) is 0 Å². The Balaban J connectivity index is 1.32. The second kappa shape index (κ2) is 8.76. The number of nitrogens with zero attached hydrogens (tertiary/aromatic N) is 4. The summed E-state index contributed by atoms with van der Waals surface area (Å²) in [6.45, 7) is 4.68. The summed E-state index contributed by atoms with van der Waals surface area (Å²) in [6, 6.07) is 7.67. The van der Waals surface area contributed by atoms with Crippen LogP contribution in [0.1, 0.15) is 32.6 Å². The molecule has 2 aromatic rings. The minimum absolute atomic E-state index is 0.0350. The van der Waals surface area contributed by atoms with Gasteiger partial charge in [0.1, 0.15) is 11.2 Å².